The van der Waals surface area contributed by atoms with Crippen molar-refractivity contribution in [3.05, 3.63) is 53.0 Å². The smallest absolute Gasteiger partial charge is 0.223 e. The molecule has 1 aliphatic heterocycles. The summed E-state index contributed by atoms with van der Waals surface area (Å²) in [6.07, 6.45) is 8.90. The van der Waals surface area contributed by atoms with Crippen LogP contribution in [0.25, 0.3) is 0 Å². The number of carbonyl (C=O) groups excluding carboxylic acids is 1. The molecular weight excluding hydrogens is 356 g/mol. The fourth-order valence-corrected chi connectivity index (χ4v) is 3.16. The lowest BCUT2D eigenvalue weighted by Crippen LogP contribution is -2.40. The summed E-state index contributed by atoms with van der Waals surface area (Å²) in [4.78, 5) is 22.8. The lowest BCUT2D eigenvalue weighted by Gasteiger charge is -2.32. The molecule has 0 unspecified atom stereocenters. The summed E-state index contributed by atoms with van der Waals surface area (Å²) in [5.74, 6) is 0.226. The second kappa shape index (κ2) is 7.55. The van der Waals surface area contributed by atoms with E-state index in [-0.39, 0.29) is 11.8 Å². The maximum atomic E-state index is 12.3. The molecule has 0 atom stereocenters. The number of hydrogen-bond donors (Lipinski definition) is 1. The maximum Gasteiger partial charge on any atom is 0.223 e. The minimum absolute atomic E-state index is 0.0861. The molecule has 6 heteroatoms. The van der Waals surface area contributed by atoms with Gasteiger partial charge < -0.3 is 10.2 Å². The molecule has 2 aromatic heterocycles. The van der Waals surface area contributed by atoms with Gasteiger partial charge in [0.2, 0.25) is 5.91 Å². The Kier molecular flexibility index (Phi) is 5.23. The van der Waals surface area contributed by atoms with Crippen molar-refractivity contribution in [2.75, 3.05) is 18.0 Å². The zero-order valence-electron chi connectivity index (χ0n) is 12.8. The number of carbonyl (C=O) groups is 1. The summed E-state index contributed by atoms with van der Waals surface area (Å²) in [7, 11) is 0. The number of aromatic nitrogens is 2. The summed E-state index contributed by atoms with van der Waals surface area (Å²) in [5.41, 5.74) is 2.13. The lowest BCUT2D eigenvalue weighted by atomic mass is 9.95. The molecule has 2 aromatic rings. The number of amides is 1. The monoisotopic (exact) mass is 374 g/mol. The van der Waals surface area contributed by atoms with Crippen LogP contribution in [0.4, 0.5) is 5.69 Å². The van der Waals surface area contributed by atoms with Gasteiger partial charge in [-0.15, -0.1) is 0 Å². The third-order valence-electron chi connectivity index (χ3n) is 4.11. The highest BCUT2D eigenvalue weighted by Gasteiger charge is 2.25. The fraction of sp³-hybridized carbons (Fsp3) is 0.353. The van der Waals surface area contributed by atoms with E-state index >= 15 is 0 Å². The number of halogens is 1. The standard InChI is InChI=1S/C17H19BrN4O/c18-15-8-16(12-20-11-15)22-6-3-14(4-7-22)17(23)21-10-13-2-1-5-19-9-13/h1-2,5,8-9,11-12,14H,3-4,6-7,10H2,(H,21,23). The van der Waals surface area contributed by atoms with E-state index in [1.54, 1.807) is 18.6 Å². The Bertz CT molecular complexity index is 657. The molecule has 120 valence electrons. The van der Waals surface area contributed by atoms with Crippen LogP contribution in [0, 0.1) is 5.92 Å². The van der Waals surface area contributed by atoms with Crippen LogP contribution in [0.5, 0.6) is 0 Å². The number of nitrogens with one attached hydrogen (secondary N) is 1. The topological polar surface area (TPSA) is 58.1 Å². The Morgan fingerprint density at radius 2 is 2.09 bits per heavy atom. The van der Waals surface area contributed by atoms with Crippen LogP contribution in [-0.2, 0) is 11.3 Å². The van der Waals surface area contributed by atoms with Gasteiger partial charge in [-0.2, -0.15) is 0 Å². The summed E-state index contributed by atoms with van der Waals surface area (Å²) in [5, 5.41) is 3.02. The Morgan fingerprint density at radius 3 is 2.78 bits per heavy atom. The second-order valence-corrected chi connectivity index (χ2v) is 6.62. The number of anilines is 1. The molecule has 1 N–H and O–H groups in total. The van der Waals surface area contributed by atoms with E-state index in [1.165, 1.54) is 0 Å². The molecule has 23 heavy (non-hydrogen) atoms. The van der Waals surface area contributed by atoms with Crippen LogP contribution in [0.1, 0.15) is 18.4 Å². The Hall–Kier alpha value is -1.95. The van der Waals surface area contributed by atoms with Crippen LogP contribution < -0.4 is 10.2 Å². The van der Waals surface area contributed by atoms with Crippen molar-refractivity contribution in [1.82, 2.24) is 15.3 Å². The van der Waals surface area contributed by atoms with Gasteiger partial charge in [-0.3, -0.25) is 14.8 Å². The normalized spacial score (nSPS) is 15.4. The summed E-state index contributed by atoms with van der Waals surface area (Å²) in [6, 6.07) is 5.91. The van der Waals surface area contributed by atoms with Crippen molar-refractivity contribution >= 4 is 27.5 Å². The summed E-state index contributed by atoms with van der Waals surface area (Å²) >= 11 is 3.45. The van der Waals surface area contributed by atoms with Gasteiger partial charge in [0.05, 0.1) is 11.9 Å². The predicted octanol–water partition coefficient (Wildman–Crippen LogP) is 2.77. The van der Waals surface area contributed by atoms with Crippen molar-refractivity contribution in [3.63, 3.8) is 0 Å². The molecule has 1 saturated heterocycles. The van der Waals surface area contributed by atoms with Crippen LogP contribution in [-0.4, -0.2) is 29.0 Å². The van der Waals surface area contributed by atoms with E-state index in [2.05, 4.69) is 42.2 Å². The van der Waals surface area contributed by atoms with Gasteiger partial charge in [0, 0.05) is 48.6 Å². The second-order valence-electron chi connectivity index (χ2n) is 5.70. The van der Waals surface area contributed by atoms with Crippen LogP contribution >= 0.6 is 15.9 Å². The van der Waals surface area contributed by atoms with Gasteiger partial charge in [0.1, 0.15) is 0 Å². The molecule has 0 aliphatic carbocycles. The molecule has 0 saturated carbocycles. The molecule has 0 bridgehead atoms. The van der Waals surface area contributed by atoms with Gasteiger partial charge in [0.15, 0.2) is 0 Å². The fourth-order valence-electron chi connectivity index (χ4n) is 2.81. The van der Waals surface area contributed by atoms with E-state index in [1.807, 2.05) is 18.3 Å². The molecule has 3 rings (SSSR count). The molecule has 1 fully saturated rings. The minimum Gasteiger partial charge on any atom is -0.370 e. The largest absolute Gasteiger partial charge is 0.370 e. The summed E-state index contributed by atoms with van der Waals surface area (Å²) in [6.45, 7) is 2.30. The molecule has 1 aliphatic rings. The summed E-state index contributed by atoms with van der Waals surface area (Å²) < 4.78 is 0.978. The minimum atomic E-state index is 0.0861. The van der Waals surface area contributed by atoms with Gasteiger partial charge in [-0.1, -0.05) is 6.07 Å². The van der Waals surface area contributed by atoms with Gasteiger partial charge in [0.25, 0.3) is 0 Å². The molecule has 5 nitrogen and oxygen atoms in total. The average Bonchev–Trinajstić information content (AvgIpc) is 2.61. The first kappa shape index (κ1) is 15.9. The van der Waals surface area contributed by atoms with E-state index in [0.29, 0.717) is 6.54 Å². The Morgan fingerprint density at radius 1 is 1.26 bits per heavy atom. The number of hydrogen-bond acceptors (Lipinski definition) is 4. The molecular formula is C17H19BrN4O. The lowest BCUT2D eigenvalue weighted by molar-refractivity contribution is -0.125. The van der Waals surface area contributed by atoms with Crippen molar-refractivity contribution < 1.29 is 4.79 Å². The van der Waals surface area contributed by atoms with Crippen molar-refractivity contribution in [2.24, 2.45) is 5.92 Å². The van der Waals surface area contributed by atoms with E-state index in [4.69, 9.17) is 0 Å². The highest BCUT2D eigenvalue weighted by atomic mass is 79.9. The van der Waals surface area contributed by atoms with Crippen LogP contribution in [0.15, 0.2) is 47.5 Å². The molecule has 0 radical (unpaired) electrons. The van der Waals surface area contributed by atoms with E-state index < -0.39 is 0 Å². The molecule has 0 aromatic carbocycles. The average molecular weight is 375 g/mol. The zero-order valence-corrected chi connectivity index (χ0v) is 14.4. The number of rotatable bonds is 4. The highest BCUT2D eigenvalue weighted by Crippen LogP contribution is 2.24. The SMILES string of the molecule is O=C(NCc1cccnc1)C1CCN(c2cncc(Br)c2)CC1. The first-order chi connectivity index (χ1) is 11.2. The van der Waals surface area contributed by atoms with Crippen LogP contribution in [0.2, 0.25) is 0 Å². The highest BCUT2D eigenvalue weighted by molar-refractivity contribution is 9.10. The Labute approximate surface area is 144 Å². The van der Waals surface area contributed by atoms with Gasteiger partial charge in [-0.25, -0.2) is 0 Å². The van der Waals surface area contributed by atoms with Crippen LogP contribution in [0.3, 0.4) is 0 Å². The van der Waals surface area contributed by atoms with Gasteiger partial charge >= 0.3 is 0 Å². The molecule has 1 amide bonds. The van der Waals surface area contributed by atoms with Crippen molar-refractivity contribution in [1.29, 1.82) is 0 Å². The Balaban J connectivity index is 1.49. The van der Waals surface area contributed by atoms with E-state index in [0.717, 1.165) is 41.7 Å². The number of nitrogens with zero attached hydrogens (tertiary/aromatic N) is 3. The quantitative estimate of drug-likeness (QED) is 0.893. The maximum absolute atomic E-state index is 12.3. The first-order valence-corrected chi connectivity index (χ1v) is 8.54. The zero-order chi connectivity index (χ0) is 16.1. The number of piperidine rings is 1. The third kappa shape index (κ3) is 4.28. The third-order valence-corrected chi connectivity index (χ3v) is 4.54. The molecule has 0 spiro atoms. The van der Waals surface area contributed by atoms with Crippen molar-refractivity contribution in [3.8, 4) is 0 Å². The van der Waals surface area contributed by atoms with Crippen molar-refractivity contribution in [2.45, 2.75) is 19.4 Å². The van der Waals surface area contributed by atoms with E-state index in [9.17, 15) is 4.79 Å². The number of pyridine rings is 2. The molecule has 3 heterocycles. The predicted molar refractivity (Wildman–Crippen MR) is 93.0 cm³/mol. The first-order valence-electron chi connectivity index (χ1n) is 7.74. The van der Waals surface area contributed by atoms with Gasteiger partial charge in [-0.05, 0) is 46.5 Å².